The molecule has 1 heterocycles. The first-order chi connectivity index (χ1) is 8.36. The van der Waals surface area contributed by atoms with Crippen molar-refractivity contribution in [2.24, 2.45) is 0 Å². The number of para-hydroxylation sites is 1. The van der Waals surface area contributed by atoms with Crippen LogP contribution in [-0.4, -0.2) is 11.3 Å². The molecule has 2 heteroatoms. The van der Waals surface area contributed by atoms with Crippen molar-refractivity contribution in [2.45, 2.75) is 46.0 Å². The number of aromatic amines is 1. The number of carbonyl (C=O) groups is 1. The van der Waals surface area contributed by atoms with E-state index in [2.05, 4.69) is 45.7 Å². The summed E-state index contributed by atoms with van der Waals surface area (Å²) in [6, 6.07) is 6.19. The summed E-state index contributed by atoms with van der Waals surface area (Å²) in [6.07, 6.45) is 0.976. The first-order valence-corrected chi connectivity index (χ1v) is 6.46. The van der Waals surface area contributed by atoms with E-state index in [0.717, 1.165) is 28.4 Å². The molecule has 2 aromatic rings. The fourth-order valence-corrected chi connectivity index (χ4v) is 2.46. The second-order valence-corrected chi connectivity index (χ2v) is 6.21. The molecule has 0 amide bonds. The standard InChI is InChI=1S/C16H21NO/c1-10(2)11-7-6-8-12-13(9-18)15(16(3,4)5)17-14(11)12/h6-10,17H,1-5H3. The number of carbonyl (C=O) groups excluding carboxylic acids is 1. The highest BCUT2D eigenvalue weighted by Crippen LogP contribution is 2.33. The molecule has 2 rings (SSSR count). The molecule has 0 unspecified atom stereocenters. The van der Waals surface area contributed by atoms with Gasteiger partial charge in [0.05, 0.1) is 0 Å². The fraction of sp³-hybridized carbons (Fsp3) is 0.438. The van der Waals surface area contributed by atoms with Gasteiger partial charge in [-0.25, -0.2) is 0 Å². The first kappa shape index (κ1) is 12.9. The lowest BCUT2D eigenvalue weighted by molar-refractivity contribution is 0.112. The topological polar surface area (TPSA) is 32.9 Å². The molecule has 0 aliphatic rings. The van der Waals surface area contributed by atoms with Crippen molar-refractivity contribution in [3.05, 3.63) is 35.0 Å². The van der Waals surface area contributed by atoms with E-state index < -0.39 is 0 Å². The molecule has 0 fully saturated rings. The summed E-state index contributed by atoms with van der Waals surface area (Å²) in [5, 5.41) is 1.04. The Morgan fingerprint density at radius 3 is 2.39 bits per heavy atom. The van der Waals surface area contributed by atoms with Crippen molar-refractivity contribution in [2.75, 3.05) is 0 Å². The van der Waals surface area contributed by atoms with Gasteiger partial charge >= 0.3 is 0 Å². The van der Waals surface area contributed by atoms with Crippen LogP contribution in [0.2, 0.25) is 0 Å². The van der Waals surface area contributed by atoms with Gasteiger partial charge in [-0.2, -0.15) is 0 Å². The summed E-state index contributed by atoms with van der Waals surface area (Å²) in [5.41, 5.74) is 4.16. The monoisotopic (exact) mass is 243 g/mol. The fourth-order valence-electron chi connectivity index (χ4n) is 2.46. The van der Waals surface area contributed by atoms with Crippen LogP contribution in [0, 0.1) is 0 Å². The van der Waals surface area contributed by atoms with E-state index >= 15 is 0 Å². The van der Waals surface area contributed by atoms with Crippen molar-refractivity contribution in [1.82, 2.24) is 4.98 Å². The zero-order valence-corrected chi connectivity index (χ0v) is 11.8. The van der Waals surface area contributed by atoms with Gasteiger partial charge < -0.3 is 4.98 Å². The summed E-state index contributed by atoms with van der Waals surface area (Å²) >= 11 is 0. The van der Waals surface area contributed by atoms with Crippen LogP contribution in [0.1, 0.15) is 62.2 Å². The van der Waals surface area contributed by atoms with Crippen molar-refractivity contribution in [3.63, 3.8) is 0 Å². The number of aldehydes is 1. The molecule has 2 nitrogen and oxygen atoms in total. The van der Waals surface area contributed by atoms with Gasteiger partial charge in [0.1, 0.15) is 0 Å². The largest absolute Gasteiger partial charge is 0.357 e. The van der Waals surface area contributed by atoms with E-state index in [0.29, 0.717) is 5.92 Å². The van der Waals surface area contributed by atoms with Gasteiger partial charge in [-0.3, -0.25) is 4.79 Å². The van der Waals surface area contributed by atoms with Gasteiger partial charge in [-0.1, -0.05) is 52.8 Å². The number of hydrogen-bond acceptors (Lipinski definition) is 1. The second kappa shape index (κ2) is 4.27. The Labute approximate surface area is 108 Å². The minimum atomic E-state index is -0.0521. The normalized spacial score (nSPS) is 12.3. The molecule has 0 aliphatic carbocycles. The van der Waals surface area contributed by atoms with Crippen LogP contribution < -0.4 is 0 Å². The molecule has 1 N–H and O–H groups in total. The average molecular weight is 243 g/mol. The van der Waals surface area contributed by atoms with E-state index in [1.807, 2.05) is 12.1 Å². The van der Waals surface area contributed by atoms with Crippen LogP contribution >= 0.6 is 0 Å². The Bertz CT molecular complexity index is 585. The molecule has 18 heavy (non-hydrogen) atoms. The van der Waals surface area contributed by atoms with E-state index in [-0.39, 0.29) is 5.41 Å². The molecule has 0 saturated carbocycles. The van der Waals surface area contributed by atoms with E-state index in [1.54, 1.807) is 0 Å². The highest BCUT2D eigenvalue weighted by atomic mass is 16.1. The third kappa shape index (κ3) is 1.96. The summed E-state index contributed by atoms with van der Waals surface area (Å²) in [7, 11) is 0. The van der Waals surface area contributed by atoms with Gasteiger partial charge in [0, 0.05) is 27.6 Å². The minimum absolute atomic E-state index is 0.0521. The summed E-state index contributed by atoms with van der Waals surface area (Å²) in [6.45, 7) is 10.7. The molecule has 1 aromatic carbocycles. The molecule has 1 aromatic heterocycles. The molecule has 0 radical (unpaired) electrons. The van der Waals surface area contributed by atoms with Crippen LogP contribution in [0.5, 0.6) is 0 Å². The van der Waals surface area contributed by atoms with Crippen LogP contribution in [0.25, 0.3) is 10.9 Å². The second-order valence-electron chi connectivity index (χ2n) is 6.21. The van der Waals surface area contributed by atoms with Crippen molar-refractivity contribution in [3.8, 4) is 0 Å². The molecular weight excluding hydrogens is 222 g/mol. The third-order valence-corrected chi connectivity index (χ3v) is 3.40. The quantitative estimate of drug-likeness (QED) is 0.779. The molecule has 0 saturated heterocycles. The van der Waals surface area contributed by atoms with Crippen LogP contribution in [0.15, 0.2) is 18.2 Å². The number of benzene rings is 1. The maximum atomic E-state index is 11.4. The Morgan fingerprint density at radius 1 is 1.22 bits per heavy atom. The van der Waals surface area contributed by atoms with Gasteiger partial charge in [0.2, 0.25) is 0 Å². The molecule has 0 spiro atoms. The zero-order chi connectivity index (χ0) is 13.5. The number of fused-ring (bicyclic) bond motifs is 1. The number of rotatable bonds is 2. The Kier molecular flexibility index (Phi) is 3.05. The third-order valence-electron chi connectivity index (χ3n) is 3.40. The van der Waals surface area contributed by atoms with Gasteiger partial charge in [0.25, 0.3) is 0 Å². The predicted octanol–water partition coefficient (Wildman–Crippen LogP) is 4.40. The molecule has 0 atom stereocenters. The SMILES string of the molecule is CC(C)c1cccc2c(C=O)c(C(C)(C)C)[nH]c12. The van der Waals surface area contributed by atoms with E-state index in [4.69, 9.17) is 0 Å². The number of nitrogens with one attached hydrogen (secondary N) is 1. The number of aromatic nitrogens is 1. The lowest BCUT2D eigenvalue weighted by atomic mass is 9.89. The molecule has 0 aliphatic heterocycles. The zero-order valence-electron chi connectivity index (χ0n) is 11.8. The van der Waals surface area contributed by atoms with E-state index in [9.17, 15) is 4.79 Å². The Morgan fingerprint density at radius 2 is 1.89 bits per heavy atom. The predicted molar refractivity (Wildman–Crippen MR) is 76.5 cm³/mol. The Balaban J connectivity index is 2.84. The summed E-state index contributed by atoms with van der Waals surface area (Å²) in [4.78, 5) is 14.9. The maximum absolute atomic E-state index is 11.4. The number of hydrogen-bond donors (Lipinski definition) is 1. The molecule has 96 valence electrons. The van der Waals surface area contributed by atoms with Gasteiger partial charge in [-0.05, 0) is 11.5 Å². The van der Waals surface area contributed by atoms with Crippen molar-refractivity contribution >= 4 is 17.2 Å². The molecular formula is C16H21NO. The average Bonchev–Trinajstić information content (AvgIpc) is 2.66. The van der Waals surface area contributed by atoms with Crippen molar-refractivity contribution < 1.29 is 4.79 Å². The van der Waals surface area contributed by atoms with Gasteiger partial charge in [0.15, 0.2) is 6.29 Å². The van der Waals surface area contributed by atoms with Crippen LogP contribution in [0.3, 0.4) is 0 Å². The minimum Gasteiger partial charge on any atom is -0.357 e. The Hall–Kier alpha value is -1.57. The van der Waals surface area contributed by atoms with Gasteiger partial charge in [-0.15, -0.1) is 0 Å². The lowest BCUT2D eigenvalue weighted by Gasteiger charge is -2.17. The highest BCUT2D eigenvalue weighted by molar-refractivity contribution is 6.00. The van der Waals surface area contributed by atoms with Crippen molar-refractivity contribution in [1.29, 1.82) is 0 Å². The van der Waals surface area contributed by atoms with Crippen LogP contribution in [-0.2, 0) is 5.41 Å². The summed E-state index contributed by atoms with van der Waals surface area (Å²) < 4.78 is 0. The first-order valence-electron chi connectivity index (χ1n) is 6.46. The van der Waals surface area contributed by atoms with Crippen LogP contribution in [0.4, 0.5) is 0 Å². The number of H-pyrrole nitrogens is 1. The highest BCUT2D eigenvalue weighted by Gasteiger charge is 2.23. The summed E-state index contributed by atoms with van der Waals surface area (Å²) in [5.74, 6) is 0.444. The van der Waals surface area contributed by atoms with E-state index in [1.165, 1.54) is 5.56 Å². The smallest absolute Gasteiger partial charge is 0.152 e. The lowest BCUT2D eigenvalue weighted by Crippen LogP contribution is -2.13. The maximum Gasteiger partial charge on any atom is 0.152 e. The molecule has 0 bridgehead atoms.